The van der Waals surface area contributed by atoms with Crippen molar-refractivity contribution in [3.63, 3.8) is 0 Å². The topological polar surface area (TPSA) is 116 Å². The van der Waals surface area contributed by atoms with E-state index < -0.39 is 34.2 Å². The molecule has 0 atom stereocenters. The largest absolute Gasteiger partial charge is 0.465 e. The number of amides is 1. The normalized spacial score (nSPS) is 11.2. The highest BCUT2D eigenvalue weighted by molar-refractivity contribution is 6.06. The summed E-state index contributed by atoms with van der Waals surface area (Å²) in [6.45, 7) is 1.52. The minimum atomic E-state index is -4.67. The number of halogens is 3. The molecule has 3 aromatic rings. The van der Waals surface area contributed by atoms with Gasteiger partial charge in [0.25, 0.3) is 11.6 Å². The Morgan fingerprint density at radius 3 is 2.41 bits per heavy atom. The van der Waals surface area contributed by atoms with Crippen molar-refractivity contribution in [2.45, 2.75) is 13.1 Å². The van der Waals surface area contributed by atoms with Gasteiger partial charge in [0.05, 0.1) is 34.5 Å². The van der Waals surface area contributed by atoms with Crippen LogP contribution in [0.1, 0.15) is 32.0 Å². The van der Waals surface area contributed by atoms with Crippen molar-refractivity contribution in [2.75, 3.05) is 12.4 Å². The molecule has 3 rings (SSSR count). The molecule has 0 saturated heterocycles. The van der Waals surface area contributed by atoms with Crippen molar-refractivity contribution in [3.8, 4) is 5.69 Å². The monoisotopic (exact) mass is 448 g/mol. The van der Waals surface area contributed by atoms with E-state index in [1.54, 1.807) is 0 Å². The van der Waals surface area contributed by atoms with E-state index in [1.165, 1.54) is 31.2 Å². The minimum Gasteiger partial charge on any atom is -0.465 e. The summed E-state index contributed by atoms with van der Waals surface area (Å²) in [7, 11) is 1.07. The third-order valence-electron chi connectivity index (χ3n) is 4.32. The van der Waals surface area contributed by atoms with Crippen LogP contribution >= 0.6 is 0 Å². The third-order valence-corrected chi connectivity index (χ3v) is 4.32. The second-order valence-electron chi connectivity index (χ2n) is 6.57. The molecule has 1 amide bonds. The molecule has 0 unspecified atom stereocenters. The third kappa shape index (κ3) is 4.58. The number of nitro groups is 1. The van der Waals surface area contributed by atoms with E-state index in [-0.39, 0.29) is 22.6 Å². The highest BCUT2D eigenvalue weighted by atomic mass is 19.4. The number of anilines is 1. The maximum atomic E-state index is 13.4. The Bertz CT molecular complexity index is 1220. The van der Waals surface area contributed by atoms with Crippen molar-refractivity contribution in [2.24, 2.45) is 0 Å². The fraction of sp³-hybridized carbons (Fsp3) is 0.150. The van der Waals surface area contributed by atoms with Crippen LogP contribution in [0.2, 0.25) is 0 Å². The average molecular weight is 448 g/mol. The van der Waals surface area contributed by atoms with E-state index in [1.807, 2.05) is 0 Å². The molecule has 0 fully saturated rings. The first kappa shape index (κ1) is 22.5. The summed E-state index contributed by atoms with van der Waals surface area (Å²) < 4.78 is 45.8. The molecular weight excluding hydrogens is 433 g/mol. The molecule has 1 N–H and O–H groups in total. The molecule has 1 aromatic heterocycles. The van der Waals surface area contributed by atoms with Crippen LogP contribution in [0.5, 0.6) is 0 Å². The molecule has 2 aromatic carbocycles. The van der Waals surface area contributed by atoms with Gasteiger partial charge < -0.3 is 10.1 Å². The second kappa shape index (κ2) is 8.49. The van der Waals surface area contributed by atoms with Gasteiger partial charge in [-0.2, -0.15) is 18.3 Å². The Morgan fingerprint density at radius 1 is 1.12 bits per heavy atom. The highest BCUT2D eigenvalue weighted by Crippen LogP contribution is 2.34. The number of aromatic nitrogens is 2. The number of alkyl halides is 3. The predicted octanol–water partition coefficient (Wildman–Crippen LogP) is 4.15. The lowest BCUT2D eigenvalue weighted by molar-refractivity contribution is -0.384. The van der Waals surface area contributed by atoms with Crippen molar-refractivity contribution in [1.29, 1.82) is 0 Å². The maximum absolute atomic E-state index is 13.4. The quantitative estimate of drug-likeness (QED) is 0.356. The van der Waals surface area contributed by atoms with Crippen molar-refractivity contribution >= 4 is 23.4 Å². The molecule has 1 heterocycles. The number of ether oxygens (including phenoxy) is 1. The number of hydrogen-bond acceptors (Lipinski definition) is 6. The van der Waals surface area contributed by atoms with Gasteiger partial charge in [0.2, 0.25) is 0 Å². The minimum absolute atomic E-state index is 0.102. The number of methoxy groups -OCH3 is 1. The van der Waals surface area contributed by atoms with Gasteiger partial charge in [-0.05, 0) is 25.1 Å². The number of non-ortho nitro benzene ring substituents is 1. The first-order valence-corrected chi connectivity index (χ1v) is 8.93. The molecule has 9 nitrogen and oxygen atoms in total. The van der Waals surface area contributed by atoms with Gasteiger partial charge in [0.1, 0.15) is 5.82 Å². The van der Waals surface area contributed by atoms with Crippen LogP contribution in [0.4, 0.5) is 24.7 Å². The molecular formula is C20H15F3N4O5. The van der Waals surface area contributed by atoms with Gasteiger partial charge in [-0.3, -0.25) is 14.9 Å². The van der Waals surface area contributed by atoms with Gasteiger partial charge in [-0.25, -0.2) is 9.48 Å². The fourth-order valence-corrected chi connectivity index (χ4v) is 2.94. The number of nitro benzene ring substituents is 1. The summed E-state index contributed by atoms with van der Waals surface area (Å²) in [6.07, 6.45) is -4.67. The number of para-hydroxylation sites is 1. The van der Waals surface area contributed by atoms with E-state index >= 15 is 0 Å². The number of nitrogens with zero attached hydrogens (tertiary/aromatic N) is 3. The molecule has 0 aliphatic heterocycles. The number of esters is 1. The molecule has 166 valence electrons. The zero-order valence-electron chi connectivity index (χ0n) is 16.6. The van der Waals surface area contributed by atoms with Crippen LogP contribution in [-0.4, -0.2) is 33.7 Å². The molecule has 0 radical (unpaired) electrons. The summed E-state index contributed by atoms with van der Waals surface area (Å²) >= 11 is 0. The molecule has 12 heteroatoms. The number of carbonyl (C=O) groups excluding carboxylic acids is 2. The van der Waals surface area contributed by atoms with Gasteiger partial charge in [-0.15, -0.1) is 0 Å². The van der Waals surface area contributed by atoms with Gasteiger partial charge in [-0.1, -0.05) is 12.1 Å². The Kier molecular flexibility index (Phi) is 5.96. The van der Waals surface area contributed by atoms with Gasteiger partial charge in [0, 0.05) is 23.8 Å². The number of nitrogens with one attached hydrogen (secondary N) is 1. The number of benzene rings is 2. The van der Waals surface area contributed by atoms with Crippen molar-refractivity contribution in [3.05, 3.63) is 81.0 Å². The Hall–Kier alpha value is -4.22. The number of carbonyl (C=O) groups is 2. The molecule has 0 saturated carbocycles. The summed E-state index contributed by atoms with van der Waals surface area (Å²) in [5.41, 5.74) is -2.02. The van der Waals surface area contributed by atoms with Crippen LogP contribution in [0.3, 0.4) is 0 Å². The van der Waals surface area contributed by atoms with Crippen LogP contribution in [0.25, 0.3) is 5.69 Å². The van der Waals surface area contributed by atoms with E-state index in [9.17, 15) is 32.9 Å². The first-order chi connectivity index (χ1) is 15.0. The zero-order chi connectivity index (χ0) is 23.6. The highest BCUT2D eigenvalue weighted by Gasteiger charge is 2.34. The standard InChI is InChI=1S/C20H15F3N4O5/c1-11-7-17(26(25-11)16-6-4-3-5-15(16)20(21,22)23)24-18(28)12-8-13(19(29)32-2)10-14(9-12)27(30)31/h3-10H,1-2H3,(H,24,28). The number of hydrogen-bond donors (Lipinski definition) is 1. The van der Waals surface area contributed by atoms with E-state index in [2.05, 4.69) is 15.2 Å². The maximum Gasteiger partial charge on any atom is 0.418 e. The zero-order valence-corrected chi connectivity index (χ0v) is 16.6. The van der Waals surface area contributed by atoms with E-state index in [4.69, 9.17) is 0 Å². The van der Waals surface area contributed by atoms with Gasteiger partial charge in [0.15, 0.2) is 0 Å². The van der Waals surface area contributed by atoms with Crippen molar-refractivity contribution < 1.29 is 32.4 Å². The summed E-state index contributed by atoms with van der Waals surface area (Å²) in [5, 5.41) is 17.6. The number of rotatable bonds is 5. The molecule has 32 heavy (non-hydrogen) atoms. The number of aryl methyl sites for hydroxylation is 1. The van der Waals surface area contributed by atoms with E-state index in [0.29, 0.717) is 5.69 Å². The Morgan fingerprint density at radius 2 is 1.78 bits per heavy atom. The van der Waals surface area contributed by atoms with Crippen LogP contribution in [0, 0.1) is 17.0 Å². The van der Waals surface area contributed by atoms with Crippen LogP contribution < -0.4 is 5.32 Å². The molecule has 0 spiro atoms. The lowest BCUT2D eigenvalue weighted by atomic mass is 10.1. The molecule has 0 aliphatic rings. The molecule has 0 bridgehead atoms. The lowest BCUT2D eigenvalue weighted by Crippen LogP contribution is -2.18. The van der Waals surface area contributed by atoms with Crippen LogP contribution in [0.15, 0.2) is 48.5 Å². The van der Waals surface area contributed by atoms with Gasteiger partial charge >= 0.3 is 12.1 Å². The Labute approximate surface area is 178 Å². The lowest BCUT2D eigenvalue weighted by Gasteiger charge is -2.15. The molecule has 0 aliphatic carbocycles. The van der Waals surface area contributed by atoms with E-state index in [0.717, 1.165) is 36.1 Å². The average Bonchev–Trinajstić information content (AvgIpc) is 3.11. The second-order valence-corrected chi connectivity index (χ2v) is 6.57. The van der Waals surface area contributed by atoms with Crippen molar-refractivity contribution in [1.82, 2.24) is 9.78 Å². The first-order valence-electron chi connectivity index (χ1n) is 8.93. The predicted molar refractivity (Wildman–Crippen MR) is 106 cm³/mol. The smallest absolute Gasteiger partial charge is 0.418 e. The fourth-order valence-electron chi connectivity index (χ4n) is 2.94. The SMILES string of the molecule is COC(=O)c1cc(C(=O)Nc2cc(C)nn2-c2ccccc2C(F)(F)F)cc([N+](=O)[O-])c1. The summed E-state index contributed by atoms with van der Waals surface area (Å²) in [5.74, 6) is -1.90. The Balaban J connectivity index is 2.04. The van der Waals surface area contributed by atoms with Crippen LogP contribution in [-0.2, 0) is 10.9 Å². The summed E-state index contributed by atoms with van der Waals surface area (Å²) in [4.78, 5) is 35.0. The summed E-state index contributed by atoms with van der Waals surface area (Å²) in [6, 6.07) is 8.95.